The first-order chi connectivity index (χ1) is 13.7. The fourth-order valence-electron chi connectivity index (χ4n) is 4.61. The van der Waals surface area contributed by atoms with Gasteiger partial charge in [0.15, 0.2) is 0 Å². The summed E-state index contributed by atoms with van der Waals surface area (Å²) in [5.74, 6) is 0.411. The Morgan fingerprint density at radius 3 is 2.89 bits per heavy atom. The van der Waals surface area contributed by atoms with Crippen molar-refractivity contribution in [2.75, 3.05) is 32.8 Å². The van der Waals surface area contributed by atoms with Gasteiger partial charge in [-0.05, 0) is 49.9 Å². The minimum atomic E-state index is -0.359. The molecule has 28 heavy (non-hydrogen) atoms. The molecule has 1 aromatic heterocycles. The van der Waals surface area contributed by atoms with Crippen molar-refractivity contribution in [3.05, 3.63) is 34.7 Å². The van der Waals surface area contributed by atoms with E-state index in [9.17, 15) is 4.39 Å². The van der Waals surface area contributed by atoms with Gasteiger partial charge in [0, 0.05) is 31.9 Å². The van der Waals surface area contributed by atoms with Crippen LogP contribution in [0.3, 0.4) is 0 Å². The zero-order valence-electron chi connectivity index (χ0n) is 15.7. The molecule has 5 rings (SSSR count). The summed E-state index contributed by atoms with van der Waals surface area (Å²) < 4.78 is 27.0. The van der Waals surface area contributed by atoms with Crippen LogP contribution in [0.2, 0.25) is 5.02 Å². The van der Waals surface area contributed by atoms with E-state index in [1.807, 2.05) is 4.68 Å². The number of benzene rings is 1. The number of likely N-dealkylation sites (tertiary alicyclic amines) is 1. The van der Waals surface area contributed by atoms with Gasteiger partial charge in [-0.25, -0.2) is 9.07 Å². The lowest BCUT2D eigenvalue weighted by molar-refractivity contribution is -0.00504. The maximum absolute atomic E-state index is 13.4. The minimum absolute atomic E-state index is 0.139. The maximum Gasteiger partial charge on any atom is 0.124 e. The molecule has 3 aliphatic heterocycles. The Balaban J connectivity index is 1.30. The number of aromatic nitrogens is 3. The zero-order valence-corrected chi connectivity index (χ0v) is 16.4. The molecule has 4 heterocycles. The smallest absolute Gasteiger partial charge is 0.124 e. The number of ether oxygens (including phenoxy) is 2. The number of hydrogen-bond donors (Lipinski definition) is 0. The molecular formula is C20H24ClFN4O2. The number of rotatable bonds is 4. The van der Waals surface area contributed by atoms with Crippen LogP contribution >= 0.6 is 11.6 Å². The van der Waals surface area contributed by atoms with Crippen molar-refractivity contribution in [1.82, 2.24) is 19.9 Å². The molecule has 6 nitrogen and oxygen atoms in total. The second kappa shape index (κ2) is 7.71. The van der Waals surface area contributed by atoms with E-state index in [2.05, 4.69) is 15.2 Å². The lowest BCUT2D eigenvalue weighted by atomic mass is 9.96. The lowest BCUT2D eigenvalue weighted by Crippen LogP contribution is -2.32. The van der Waals surface area contributed by atoms with Gasteiger partial charge in [-0.3, -0.25) is 4.90 Å². The van der Waals surface area contributed by atoms with Gasteiger partial charge in [0.2, 0.25) is 0 Å². The molecule has 0 N–H and O–H groups in total. The number of hydrogen-bond acceptors (Lipinski definition) is 5. The molecule has 0 unspecified atom stereocenters. The summed E-state index contributed by atoms with van der Waals surface area (Å²) in [6.07, 6.45) is 3.70. The summed E-state index contributed by atoms with van der Waals surface area (Å²) >= 11 is 6.24. The van der Waals surface area contributed by atoms with Crippen LogP contribution in [-0.4, -0.2) is 58.8 Å². The van der Waals surface area contributed by atoms with E-state index in [1.54, 1.807) is 6.07 Å². The predicted molar refractivity (Wildman–Crippen MR) is 103 cm³/mol. The van der Waals surface area contributed by atoms with Crippen molar-refractivity contribution < 1.29 is 13.9 Å². The Kier molecular flexibility index (Phi) is 5.09. The van der Waals surface area contributed by atoms with Gasteiger partial charge in [-0.15, -0.1) is 5.10 Å². The molecule has 0 spiro atoms. The third kappa shape index (κ3) is 3.45. The van der Waals surface area contributed by atoms with E-state index in [0.29, 0.717) is 22.9 Å². The average molecular weight is 407 g/mol. The van der Waals surface area contributed by atoms with E-state index in [1.165, 1.54) is 31.4 Å². The molecule has 0 aliphatic carbocycles. The third-order valence-electron chi connectivity index (χ3n) is 6.23. The topological polar surface area (TPSA) is 52.4 Å². The average Bonchev–Trinajstić information content (AvgIpc) is 3.31. The molecule has 2 fully saturated rings. The Morgan fingerprint density at radius 2 is 2.07 bits per heavy atom. The SMILES string of the molecule is Fc1ccc(-c2nnn3c2CO[C@H]2CN(CCC4CCOCC4)C[C@@H]23)c(Cl)c1. The van der Waals surface area contributed by atoms with Crippen molar-refractivity contribution in [3.63, 3.8) is 0 Å². The first-order valence-electron chi connectivity index (χ1n) is 10.00. The highest BCUT2D eigenvalue weighted by molar-refractivity contribution is 6.33. The van der Waals surface area contributed by atoms with Gasteiger partial charge in [-0.1, -0.05) is 16.8 Å². The summed E-state index contributed by atoms with van der Waals surface area (Å²) in [5, 5.41) is 9.11. The molecule has 0 saturated carbocycles. The van der Waals surface area contributed by atoms with Gasteiger partial charge in [0.05, 0.1) is 29.5 Å². The maximum atomic E-state index is 13.4. The molecule has 1 aromatic carbocycles. The third-order valence-corrected chi connectivity index (χ3v) is 6.55. The van der Waals surface area contributed by atoms with E-state index in [-0.39, 0.29) is 18.0 Å². The Morgan fingerprint density at radius 1 is 1.21 bits per heavy atom. The first kappa shape index (κ1) is 18.5. The van der Waals surface area contributed by atoms with Gasteiger partial charge >= 0.3 is 0 Å². The number of halogens is 2. The summed E-state index contributed by atoms with van der Waals surface area (Å²) in [5.41, 5.74) is 2.30. The lowest BCUT2D eigenvalue weighted by Gasteiger charge is -2.26. The van der Waals surface area contributed by atoms with Crippen LogP contribution < -0.4 is 0 Å². The fraction of sp³-hybridized carbons (Fsp3) is 0.600. The molecule has 2 atom stereocenters. The molecule has 2 aromatic rings. The van der Waals surface area contributed by atoms with Gasteiger partial charge < -0.3 is 9.47 Å². The Bertz CT molecular complexity index is 855. The van der Waals surface area contributed by atoms with Gasteiger partial charge in [0.25, 0.3) is 0 Å². The first-order valence-corrected chi connectivity index (χ1v) is 10.4. The molecule has 0 radical (unpaired) electrons. The van der Waals surface area contributed by atoms with Gasteiger partial charge in [0.1, 0.15) is 11.5 Å². The van der Waals surface area contributed by atoms with E-state index < -0.39 is 0 Å². The molecule has 3 aliphatic rings. The van der Waals surface area contributed by atoms with Crippen molar-refractivity contribution in [1.29, 1.82) is 0 Å². The molecule has 0 bridgehead atoms. The predicted octanol–water partition coefficient (Wildman–Crippen LogP) is 3.31. The van der Waals surface area contributed by atoms with Crippen LogP contribution in [0.5, 0.6) is 0 Å². The van der Waals surface area contributed by atoms with Crippen LogP contribution in [-0.2, 0) is 16.1 Å². The van der Waals surface area contributed by atoms with Crippen molar-refractivity contribution >= 4 is 11.6 Å². The van der Waals surface area contributed by atoms with Crippen molar-refractivity contribution in [3.8, 4) is 11.3 Å². The van der Waals surface area contributed by atoms with Crippen molar-refractivity contribution in [2.45, 2.75) is 38.0 Å². The largest absolute Gasteiger partial charge is 0.381 e. The van der Waals surface area contributed by atoms with Crippen LogP contribution in [0.25, 0.3) is 11.3 Å². The van der Waals surface area contributed by atoms with Crippen LogP contribution in [0.4, 0.5) is 4.39 Å². The van der Waals surface area contributed by atoms with Crippen molar-refractivity contribution in [2.24, 2.45) is 5.92 Å². The molecular weight excluding hydrogens is 383 g/mol. The minimum Gasteiger partial charge on any atom is -0.381 e. The normalized spacial score (nSPS) is 25.6. The highest BCUT2D eigenvalue weighted by Gasteiger charge is 2.40. The van der Waals surface area contributed by atoms with Gasteiger partial charge in [-0.2, -0.15) is 0 Å². The fourth-order valence-corrected chi connectivity index (χ4v) is 4.86. The highest BCUT2D eigenvalue weighted by Crippen LogP contribution is 2.36. The Hall–Kier alpha value is -1.54. The van der Waals surface area contributed by atoms with E-state index >= 15 is 0 Å². The second-order valence-corrected chi connectivity index (χ2v) is 8.38. The zero-order chi connectivity index (χ0) is 19.1. The number of nitrogens with zero attached hydrogens (tertiary/aromatic N) is 4. The molecule has 150 valence electrons. The standard InChI is InChI=1S/C20H24ClFN4O2/c21-16-9-14(22)1-2-15(16)20-18-12-28-19-11-25(10-17(19)26(18)24-23-20)6-3-13-4-7-27-8-5-13/h1-2,9,13,17,19H,3-8,10-12H2/t17-,19-/m0/s1. The number of fused-ring (bicyclic) bond motifs is 3. The second-order valence-electron chi connectivity index (χ2n) is 7.97. The Labute approximate surface area is 168 Å². The van der Waals surface area contributed by atoms with E-state index in [0.717, 1.165) is 44.5 Å². The summed E-state index contributed by atoms with van der Waals surface area (Å²) in [4.78, 5) is 2.48. The molecule has 0 amide bonds. The monoisotopic (exact) mass is 406 g/mol. The quantitative estimate of drug-likeness (QED) is 0.779. The van der Waals surface area contributed by atoms with Crippen LogP contribution in [0, 0.1) is 11.7 Å². The van der Waals surface area contributed by atoms with Crippen LogP contribution in [0.1, 0.15) is 31.0 Å². The van der Waals surface area contributed by atoms with Crippen LogP contribution in [0.15, 0.2) is 18.2 Å². The molecule has 8 heteroatoms. The summed E-state index contributed by atoms with van der Waals surface area (Å²) in [6, 6.07) is 4.53. The summed E-state index contributed by atoms with van der Waals surface area (Å²) in [6.45, 7) is 5.18. The highest BCUT2D eigenvalue weighted by atomic mass is 35.5. The summed E-state index contributed by atoms with van der Waals surface area (Å²) in [7, 11) is 0. The molecule has 2 saturated heterocycles. The van der Waals surface area contributed by atoms with E-state index in [4.69, 9.17) is 21.1 Å².